The average molecular weight is 264 g/mol. The van der Waals surface area contributed by atoms with E-state index in [1.807, 2.05) is 0 Å². The number of hydrogen-bond acceptors (Lipinski definition) is 4. The van der Waals surface area contributed by atoms with Crippen LogP contribution in [0.4, 0.5) is 0 Å². The minimum atomic E-state index is -1.25. The van der Waals surface area contributed by atoms with Crippen molar-refractivity contribution in [2.45, 2.75) is 39.2 Å². The molecule has 0 fully saturated rings. The molecule has 0 aliphatic heterocycles. The quantitative estimate of drug-likeness (QED) is 0.741. The summed E-state index contributed by atoms with van der Waals surface area (Å²) in [7, 11) is 1.55. The number of carbonyl (C=O) groups is 2. The number of methoxy groups -OCH3 is 1. The van der Waals surface area contributed by atoms with Crippen LogP contribution in [0.2, 0.25) is 0 Å². The van der Waals surface area contributed by atoms with Gasteiger partial charge in [-0.3, -0.25) is 9.59 Å². The molecule has 104 valence electrons. The molecule has 0 radical (unpaired) electrons. The van der Waals surface area contributed by atoms with Crippen molar-refractivity contribution in [3.63, 3.8) is 0 Å². The van der Waals surface area contributed by atoms with E-state index in [1.165, 1.54) is 0 Å². The van der Waals surface area contributed by atoms with E-state index in [-0.39, 0.29) is 12.2 Å². The van der Waals surface area contributed by atoms with E-state index < -0.39 is 11.6 Å². The highest BCUT2D eigenvalue weighted by Crippen LogP contribution is 2.30. The summed E-state index contributed by atoms with van der Waals surface area (Å²) in [5.41, 5.74) is -0.628. The van der Waals surface area contributed by atoms with Crippen LogP contribution in [0.5, 0.6) is 5.75 Å². The van der Waals surface area contributed by atoms with Gasteiger partial charge in [0.2, 0.25) is 0 Å². The van der Waals surface area contributed by atoms with E-state index in [9.17, 15) is 9.59 Å². The number of carbonyl (C=O) groups excluding carboxylic acids is 2. The topological polar surface area (TPSA) is 52.6 Å². The summed E-state index contributed by atoms with van der Waals surface area (Å²) in [5.74, 6) is 0.0925. The van der Waals surface area contributed by atoms with Crippen LogP contribution in [0.1, 0.15) is 39.2 Å². The summed E-state index contributed by atoms with van der Waals surface area (Å²) in [5, 5.41) is 0. The van der Waals surface area contributed by atoms with Crippen LogP contribution in [-0.2, 0) is 19.9 Å². The Bertz CT molecular complexity index is 467. The third-order valence-corrected chi connectivity index (χ3v) is 3.08. The molecule has 0 amide bonds. The van der Waals surface area contributed by atoms with Crippen molar-refractivity contribution in [1.29, 1.82) is 0 Å². The summed E-state index contributed by atoms with van der Waals surface area (Å²) in [6, 6.07) is 7.03. The van der Waals surface area contributed by atoms with E-state index >= 15 is 0 Å². The fourth-order valence-corrected chi connectivity index (χ4v) is 1.83. The van der Waals surface area contributed by atoms with E-state index in [4.69, 9.17) is 9.47 Å². The van der Waals surface area contributed by atoms with Crippen molar-refractivity contribution in [2.24, 2.45) is 0 Å². The van der Waals surface area contributed by atoms with Crippen LogP contribution in [0.25, 0.3) is 0 Å². The van der Waals surface area contributed by atoms with Gasteiger partial charge in [-0.1, -0.05) is 26.0 Å². The molecule has 0 saturated carbocycles. The van der Waals surface area contributed by atoms with Crippen LogP contribution < -0.4 is 4.74 Å². The largest absolute Gasteiger partial charge is 0.497 e. The molecule has 1 aromatic carbocycles. The molecule has 1 rings (SSSR count). The Morgan fingerprint density at radius 3 is 2.42 bits per heavy atom. The first kappa shape index (κ1) is 15.2. The summed E-state index contributed by atoms with van der Waals surface area (Å²) in [4.78, 5) is 23.7. The van der Waals surface area contributed by atoms with E-state index in [0.717, 1.165) is 0 Å². The molecule has 1 aromatic rings. The van der Waals surface area contributed by atoms with Gasteiger partial charge in [0, 0.05) is 18.4 Å². The van der Waals surface area contributed by atoms with E-state index in [1.54, 1.807) is 52.1 Å². The maximum absolute atomic E-state index is 12.2. The number of benzene rings is 1. The van der Waals surface area contributed by atoms with Crippen molar-refractivity contribution in [3.05, 3.63) is 29.8 Å². The van der Waals surface area contributed by atoms with Crippen LogP contribution in [0.15, 0.2) is 24.3 Å². The second kappa shape index (κ2) is 6.36. The van der Waals surface area contributed by atoms with Crippen molar-refractivity contribution in [1.82, 2.24) is 0 Å². The van der Waals surface area contributed by atoms with E-state index in [0.29, 0.717) is 17.7 Å². The highest BCUT2D eigenvalue weighted by Gasteiger charge is 2.37. The van der Waals surface area contributed by atoms with Crippen molar-refractivity contribution >= 4 is 11.8 Å². The lowest BCUT2D eigenvalue weighted by Crippen LogP contribution is -2.37. The first-order chi connectivity index (χ1) is 8.97. The third-order valence-electron chi connectivity index (χ3n) is 3.08. The van der Waals surface area contributed by atoms with Crippen LogP contribution in [0.3, 0.4) is 0 Å². The van der Waals surface area contributed by atoms with Crippen molar-refractivity contribution in [2.75, 3.05) is 7.11 Å². The molecule has 0 heterocycles. The Labute approximate surface area is 113 Å². The molecular weight excluding hydrogens is 244 g/mol. The van der Waals surface area contributed by atoms with Crippen LogP contribution in [-0.4, -0.2) is 18.9 Å². The van der Waals surface area contributed by atoms with Crippen LogP contribution >= 0.6 is 0 Å². The van der Waals surface area contributed by atoms with Gasteiger partial charge >= 0.3 is 5.97 Å². The number of esters is 1. The fourth-order valence-electron chi connectivity index (χ4n) is 1.83. The molecule has 0 bridgehead atoms. The lowest BCUT2D eigenvalue weighted by molar-refractivity contribution is -0.166. The Kier molecular flexibility index (Phi) is 5.10. The zero-order valence-electron chi connectivity index (χ0n) is 11.9. The monoisotopic (exact) mass is 264 g/mol. The van der Waals surface area contributed by atoms with Gasteiger partial charge in [0.1, 0.15) is 5.75 Å². The Hall–Kier alpha value is -1.84. The predicted molar refractivity (Wildman–Crippen MR) is 72.0 cm³/mol. The van der Waals surface area contributed by atoms with Gasteiger partial charge in [0.15, 0.2) is 11.4 Å². The molecule has 4 nitrogen and oxygen atoms in total. The number of ketones is 1. The predicted octanol–water partition coefficient (Wildman–Crippen LogP) is 2.84. The number of hydrogen-bond donors (Lipinski definition) is 0. The normalized spacial score (nSPS) is 13.5. The van der Waals surface area contributed by atoms with Crippen molar-refractivity contribution in [3.8, 4) is 5.75 Å². The summed E-state index contributed by atoms with van der Waals surface area (Å²) in [6.07, 6.45) is 0.529. The molecule has 4 heteroatoms. The summed E-state index contributed by atoms with van der Waals surface area (Å²) < 4.78 is 10.5. The first-order valence-corrected chi connectivity index (χ1v) is 6.37. The van der Waals surface area contributed by atoms with Gasteiger partial charge < -0.3 is 9.47 Å². The minimum Gasteiger partial charge on any atom is -0.497 e. The zero-order valence-corrected chi connectivity index (χ0v) is 11.9. The molecule has 0 aliphatic rings. The molecule has 0 spiro atoms. The molecule has 0 aromatic heterocycles. The Morgan fingerprint density at radius 2 is 1.89 bits per heavy atom. The summed E-state index contributed by atoms with van der Waals surface area (Å²) in [6.45, 7) is 5.08. The Balaban J connectivity index is 3.21. The molecule has 19 heavy (non-hydrogen) atoms. The maximum atomic E-state index is 12.2. The molecule has 1 unspecified atom stereocenters. The van der Waals surface area contributed by atoms with Gasteiger partial charge in [0.25, 0.3) is 0 Å². The smallest absolute Gasteiger partial charge is 0.306 e. The van der Waals surface area contributed by atoms with Crippen molar-refractivity contribution < 1.29 is 19.1 Å². The van der Waals surface area contributed by atoms with Gasteiger partial charge in [-0.2, -0.15) is 0 Å². The third kappa shape index (κ3) is 3.34. The molecule has 0 aliphatic carbocycles. The van der Waals surface area contributed by atoms with Gasteiger partial charge in [-0.15, -0.1) is 0 Å². The average Bonchev–Trinajstić information content (AvgIpc) is 2.45. The van der Waals surface area contributed by atoms with E-state index in [2.05, 4.69) is 0 Å². The summed E-state index contributed by atoms with van der Waals surface area (Å²) >= 11 is 0. The highest BCUT2D eigenvalue weighted by atomic mass is 16.6. The molecular formula is C15H20O4. The van der Waals surface area contributed by atoms with Gasteiger partial charge in [-0.05, 0) is 19.1 Å². The highest BCUT2D eigenvalue weighted by molar-refractivity contribution is 5.90. The SMILES string of the molecule is CCC(=O)OC(C)(C(=O)CC)c1cccc(OC)c1. The second-order valence-corrected chi connectivity index (χ2v) is 4.37. The maximum Gasteiger partial charge on any atom is 0.306 e. The first-order valence-electron chi connectivity index (χ1n) is 6.37. The van der Waals surface area contributed by atoms with Crippen LogP contribution in [0, 0.1) is 0 Å². The lowest BCUT2D eigenvalue weighted by Gasteiger charge is -2.28. The van der Waals surface area contributed by atoms with Gasteiger partial charge in [0.05, 0.1) is 7.11 Å². The number of rotatable bonds is 6. The number of ether oxygens (including phenoxy) is 2. The second-order valence-electron chi connectivity index (χ2n) is 4.37. The lowest BCUT2D eigenvalue weighted by atomic mass is 9.89. The molecule has 0 saturated heterocycles. The standard InChI is InChI=1S/C15H20O4/c1-5-13(16)15(3,19-14(17)6-2)11-8-7-9-12(10-11)18-4/h7-10H,5-6H2,1-4H3. The minimum absolute atomic E-state index is 0.137. The molecule has 1 atom stereocenters. The zero-order chi connectivity index (χ0) is 14.5. The van der Waals surface area contributed by atoms with Gasteiger partial charge in [-0.25, -0.2) is 0 Å². The fraction of sp³-hybridized carbons (Fsp3) is 0.467. The number of Topliss-reactive ketones (excluding diaryl/α,β-unsaturated/α-hetero) is 1. The molecule has 0 N–H and O–H groups in total. The Morgan fingerprint density at radius 1 is 1.21 bits per heavy atom.